The second-order valence-corrected chi connectivity index (χ2v) is 5.67. The number of anilines is 1. The summed E-state index contributed by atoms with van der Waals surface area (Å²) in [5, 5.41) is 26.6. The standard InChI is InChI=1S/C13H20N6O6/c1-6(20)9(11(22)23)16-13(24)15-7(5-8(14)21)10-17-12(18-25-10)19-3-2-4-19/h6-7,9,20H,2-5H2,1H3,(H2,14,21)(H,22,23)(H2,15,16,24)/t6?,7-,9-/m0/s1. The number of urea groups is 1. The van der Waals surface area contributed by atoms with Crippen LogP contribution in [0, 0.1) is 0 Å². The average Bonchev–Trinajstić information content (AvgIpc) is 2.90. The first-order valence-corrected chi connectivity index (χ1v) is 7.62. The predicted molar refractivity (Wildman–Crippen MR) is 82.5 cm³/mol. The number of amides is 3. The molecule has 25 heavy (non-hydrogen) atoms. The number of nitrogens with zero attached hydrogens (tertiary/aromatic N) is 3. The number of aliphatic hydroxyl groups excluding tert-OH is 1. The Morgan fingerprint density at radius 2 is 2.04 bits per heavy atom. The van der Waals surface area contributed by atoms with Crippen LogP contribution in [0.25, 0.3) is 0 Å². The number of nitrogens with two attached hydrogens (primary N) is 1. The summed E-state index contributed by atoms with van der Waals surface area (Å²) in [7, 11) is 0. The molecular formula is C13H20N6O6. The number of hydrogen-bond acceptors (Lipinski definition) is 8. The highest BCUT2D eigenvalue weighted by molar-refractivity contribution is 5.83. The summed E-state index contributed by atoms with van der Waals surface area (Å²) in [6, 6.07) is -3.47. The summed E-state index contributed by atoms with van der Waals surface area (Å²) in [4.78, 5) is 40.2. The van der Waals surface area contributed by atoms with E-state index in [1.807, 2.05) is 4.90 Å². The van der Waals surface area contributed by atoms with Crippen molar-refractivity contribution in [1.29, 1.82) is 0 Å². The fourth-order valence-electron chi connectivity index (χ4n) is 2.14. The van der Waals surface area contributed by atoms with E-state index in [9.17, 15) is 19.5 Å². The Balaban J connectivity index is 2.06. The number of carbonyl (C=O) groups excluding carboxylic acids is 2. The molecule has 138 valence electrons. The molecule has 1 saturated heterocycles. The maximum Gasteiger partial charge on any atom is 0.328 e. The Morgan fingerprint density at radius 1 is 1.36 bits per heavy atom. The number of primary amides is 1. The Bertz CT molecular complexity index is 643. The van der Waals surface area contributed by atoms with E-state index in [1.165, 1.54) is 6.92 Å². The first-order chi connectivity index (χ1) is 11.8. The second-order valence-electron chi connectivity index (χ2n) is 5.67. The smallest absolute Gasteiger partial charge is 0.328 e. The van der Waals surface area contributed by atoms with Gasteiger partial charge in [-0.05, 0) is 18.5 Å². The van der Waals surface area contributed by atoms with E-state index >= 15 is 0 Å². The highest BCUT2D eigenvalue weighted by Gasteiger charge is 2.29. The van der Waals surface area contributed by atoms with E-state index in [1.54, 1.807) is 0 Å². The molecule has 0 aliphatic carbocycles. The van der Waals surface area contributed by atoms with Gasteiger partial charge in [0.15, 0.2) is 6.04 Å². The molecule has 2 heterocycles. The molecule has 6 N–H and O–H groups in total. The fourth-order valence-corrected chi connectivity index (χ4v) is 2.14. The molecule has 3 amide bonds. The predicted octanol–water partition coefficient (Wildman–Crippen LogP) is -1.67. The molecule has 1 aliphatic heterocycles. The van der Waals surface area contributed by atoms with Crippen LogP contribution in [0.2, 0.25) is 0 Å². The summed E-state index contributed by atoms with van der Waals surface area (Å²) >= 11 is 0. The van der Waals surface area contributed by atoms with Gasteiger partial charge < -0.3 is 36.0 Å². The number of rotatable bonds is 8. The first-order valence-electron chi connectivity index (χ1n) is 7.62. The molecule has 1 fully saturated rings. The first kappa shape index (κ1) is 18.4. The van der Waals surface area contributed by atoms with Crippen LogP contribution >= 0.6 is 0 Å². The molecule has 1 aliphatic rings. The molecule has 12 heteroatoms. The average molecular weight is 356 g/mol. The van der Waals surface area contributed by atoms with Gasteiger partial charge in [-0.2, -0.15) is 4.98 Å². The number of aromatic nitrogens is 2. The largest absolute Gasteiger partial charge is 0.480 e. The number of aliphatic hydroxyl groups is 1. The Morgan fingerprint density at radius 3 is 2.52 bits per heavy atom. The summed E-state index contributed by atoms with van der Waals surface area (Å²) in [6.07, 6.45) is -0.633. The Hall–Kier alpha value is -2.89. The van der Waals surface area contributed by atoms with Crippen LogP contribution in [0.15, 0.2) is 4.52 Å². The third kappa shape index (κ3) is 4.79. The van der Waals surface area contributed by atoms with Gasteiger partial charge in [-0.25, -0.2) is 9.59 Å². The molecule has 12 nitrogen and oxygen atoms in total. The van der Waals surface area contributed by atoms with E-state index < -0.39 is 36.1 Å². The quantitative estimate of drug-likeness (QED) is 0.363. The summed E-state index contributed by atoms with van der Waals surface area (Å²) in [5.41, 5.74) is 5.16. The van der Waals surface area contributed by atoms with Gasteiger partial charge in [0.1, 0.15) is 6.04 Å². The van der Waals surface area contributed by atoms with E-state index in [2.05, 4.69) is 20.8 Å². The van der Waals surface area contributed by atoms with Gasteiger partial charge >= 0.3 is 12.0 Å². The minimum Gasteiger partial charge on any atom is -0.480 e. The van der Waals surface area contributed by atoms with Crippen molar-refractivity contribution in [1.82, 2.24) is 20.8 Å². The van der Waals surface area contributed by atoms with Gasteiger partial charge in [0.2, 0.25) is 5.91 Å². The van der Waals surface area contributed by atoms with E-state index in [-0.39, 0.29) is 12.3 Å². The van der Waals surface area contributed by atoms with Crippen LogP contribution in [0.5, 0.6) is 0 Å². The van der Waals surface area contributed by atoms with Gasteiger partial charge in [-0.15, -0.1) is 0 Å². The molecule has 1 aromatic rings. The lowest BCUT2D eigenvalue weighted by Crippen LogP contribution is -2.52. The molecule has 3 atom stereocenters. The molecule has 1 aromatic heterocycles. The van der Waals surface area contributed by atoms with Crippen molar-refractivity contribution >= 4 is 23.9 Å². The van der Waals surface area contributed by atoms with Gasteiger partial charge in [0.25, 0.3) is 11.8 Å². The van der Waals surface area contributed by atoms with Crippen molar-refractivity contribution in [2.45, 2.75) is 38.0 Å². The minimum atomic E-state index is -1.52. The molecule has 0 spiro atoms. The number of hydrogen-bond donors (Lipinski definition) is 5. The molecular weight excluding hydrogens is 336 g/mol. The number of aliphatic carboxylic acids is 1. The number of carboxylic acid groups (broad SMARTS) is 1. The summed E-state index contributed by atoms with van der Waals surface area (Å²) in [6.45, 7) is 2.78. The van der Waals surface area contributed by atoms with Crippen molar-refractivity contribution in [2.24, 2.45) is 5.73 Å². The van der Waals surface area contributed by atoms with E-state index in [0.717, 1.165) is 19.5 Å². The van der Waals surface area contributed by atoms with Crippen molar-refractivity contribution in [3.63, 3.8) is 0 Å². The summed E-state index contributed by atoms with van der Waals surface area (Å²) in [5.74, 6) is -1.82. The number of nitrogens with one attached hydrogen (secondary N) is 2. The third-order valence-corrected chi connectivity index (χ3v) is 3.61. The van der Waals surface area contributed by atoms with E-state index in [0.29, 0.717) is 5.95 Å². The molecule has 1 unspecified atom stereocenters. The van der Waals surface area contributed by atoms with Gasteiger partial charge in [-0.3, -0.25) is 4.79 Å². The lowest BCUT2D eigenvalue weighted by Gasteiger charge is -2.28. The lowest BCUT2D eigenvalue weighted by molar-refractivity contribution is -0.141. The van der Waals surface area contributed by atoms with Crippen LogP contribution in [-0.2, 0) is 9.59 Å². The zero-order valence-electron chi connectivity index (χ0n) is 13.5. The number of carboxylic acids is 1. The zero-order chi connectivity index (χ0) is 18.6. The van der Waals surface area contributed by atoms with Crippen molar-refractivity contribution in [2.75, 3.05) is 18.0 Å². The normalized spacial score (nSPS) is 17.1. The highest BCUT2D eigenvalue weighted by Crippen LogP contribution is 2.21. The molecule has 2 rings (SSSR count). The molecule has 0 radical (unpaired) electrons. The topological polar surface area (TPSA) is 184 Å². The Kier molecular flexibility index (Phi) is 5.75. The Labute approximate surface area is 142 Å². The highest BCUT2D eigenvalue weighted by atomic mass is 16.5. The fraction of sp³-hybridized carbons (Fsp3) is 0.615. The lowest BCUT2D eigenvalue weighted by atomic mass is 10.2. The monoisotopic (exact) mass is 356 g/mol. The van der Waals surface area contributed by atoms with Crippen LogP contribution < -0.4 is 21.3 Å². The maximum atomic E-state index is 12.0. The van der Waals surface area contributed by atoms with Gasteiger partial charge in [-0.1, -0.05) is 0 Å². The summed E-state index contributed by atoms with van der Waals surface area (Å²) < 4.78 is 5.07. The second kappa shape index (κ2) is 7.79. The van der Waals surface area contributed by atoms with Crippen molar-refractivity contribution in [3.05, 3.63) is 5.89 Å². The van der Waals surface area contributed by atoms with Crippen LogP contribution in [0.4, 0.5) is 10.7 Å². The van der Waals surface area contributed by atoms with E-state index in [4.69, 9.17) is 15.4 Å². The zero-order valence-corrected chi connectivity index (χ0v) is 13.5. The van der Waals surface area contributed by atoms with Gasteiger partial charge in [0, 0.05) is 13.1 Å². The molecule has 0 bridgehead atoms. The van der Waals surface area contributed by atoms with Crippen molar-refractivity contribution in [3.8, 4) is 0 Å². The molecule has 0 aromatic carbocycles. The SMILES string of the molecule is CC(O)[C@H](NC(=O)N[C@@H](CC(N)=O)c1nc(N2CCC2)no1)C(=O)O. The maximum absolute atomic E-state index is 12.0. The molecule has 0 saturated carbocycles. The van der Waals surface area contributed by atoms with Crippen molar-refractivity contribution < 1.29 is 29.1 Å². The van der Waals surface area contributed by atoms with Crippen LogP contribution in [-0.4, -0.2) is 63.5 Å². The number of carbonyl (C=O) groups is 3. The van der Waals surface area contributed by atoms with Crippen LogP contribution in [0.3, 0.4) is 0 Å². The third-order valence-electron chi connectivity index (χ3n) is 3.61. The minimum absolute atomic E-state index is 0.0280. The van der Waals surface area contributed by atoms with Crippen LogP contribution in [0.1, 0.15) is 31.7 Å². The van der Waals surface area contributed by atoms with Gasteiger partial charge in [0.05, 0.1) is 12.5 Å².